The second-order valence-corrected chi connectivity index (χ2v) is 8.00. The Morgan fingerprint density at radius 3 is 1.53 bits per heavy atom. The number of hydrogen-bond donors (Lipinski definition) is 0. The Kier molecular flexibility index (Phi) is 40.3. The van der Waals surface area contributed by atoms with Crippen LogP contribution in [0.15, 0.2) is 24.3 Å². The van der Waals surface area contributed by atoms with E-state index in [0.29, 0.717) is 0 Å². The number of benzene rings is 1. The number of hydrogen-bond acceptors (Lipinski definition) is 4. The zero-order valence-electron chi connectivity index (χ0n) is 22.5. The van der Waals surface area contributed by atoms with Gasteiger partial charge in [0.15, 0.2) is 0 Å². The van der Waals surface area contributed by atoms with Gasteiger partial charge >= 0.3 is 23.9 Å². The quantitative estimate of drug-likeness (QED) is 0.196. The number of aliphatic carboxylic acids is 1. The van der Waals surface area contributed by atoms with Gasteiger partial charge in [-0.15, -0.1) is 0 Å². The van der Waals surface area contributed by atoms with E-state index in [9.17, 15) is 19.8 Å². The molecule has 0 aliphatic rings. The van der Waals surface area contributed by atoms with Gasteiger partial charge in [0.2, 0.25) is 0 Å². The summed E-state index contributed by atoms with van der Waals surface area (Å²) in [5.41, 5.74) is 1.27. The van der Waals surface area contributed by atoms with E-state index in [1.54, 1.807) is 12.1 Å². The molecule has 34 heavy (non-hydrogen) atoms. The number of carbonyl (C=O) groups excluding carboxylic acids is 2. The van der Waals surface area contributed by atoms with E-state index in [-0.39, 0.29) is 35.9 Å². The maximum Gasteiger partial charge on any atom is 2.00 e. The van der Waals surface area contributed by atoms with Gasteiger partial charge in [-0.2, -0.15) is 0 Å². The van der Waals surface area contributed by atoms with Gasteiger partial charge in [-0.3, -0.25) is 0 Å². The van der Waals surface area contributed by atoms with Crippen molar-refractivity contribution in [2.24, 2.45) is 0 Å². The summed E-state index contributed by atoms with van der Waals surface area (Å²) in [6, 6.07) is 6.79. The molecule has 1 aromatic rings. The Morgan fingerprint density at radius 1 is 0.735 bits per heavy atom. The molecule has 1 rings (SSSR count). The summed E-state index contributed by atoms with van der Waals surface area (Å²) in [6.07, 6.45) is 16.6. The van der Waals surface area contributed by atoms with E-state index in [4.69, 9.17) is 0 Å². The minimum Gasteiger partial charge on any atom is -0.550 e. The number of carboxylic acids is 2. The zero-order chi connectivity index (χ0) is 25.7. The third kappa shape index (κ3) is 35.5. The predicted octanol–water partition coefficient (Wildman–Crippen LogP) is 6.13. The molecule has 194 valence electrons. The van der Waals surface area contributed by atoms with E-state index in [2.05, 4.69) is 34.6 Å². The van der Waals surface area contributed by atoms with Crippen molar-refractivity contribution < 1.29 is 19.8 Å². The number of aryl methyl sites for hydroxylation is 1. The van der Waals surface area contributed by atoms with Gasteiger partial charge in [0.1, 0.15) is 0 Å². The van der Waals surface area contributed by atoms with Crippen LogP contribution in [0.2, 0.25) is 0 Å². The molecule has 0 aliphatic carbocycles. The third-order valence-corrected chi connectivity index (χ3v) is 4.76. The van der Waals surface area contributed by atoms with Crippen LogP contribution < -0.4 is 10.2 Å². The molecule has 0 bridgehead atoms. The molecule has 0 amide bonds. The van der Waals surface area contributed by atoms with E-state index in [1.165, 1.54) is 63.9 Å². The SMILES string of the molecule is CCCCCCCCCCCC(=O)[O-].CCc1cccc(C(=O)[O-])c1.[CH2]CCC.[CH2]CCC.[Sn+2]. The van der Waals surface area contributed by atoms with Crippen molar-refractivity contribution in [2.75, 3.05) is 0 Å². The largest absolute Gasteiger partial charge is 2.00 e. The van der Waals surface area contributed by atoms with Crippen molar-refractivity contribution in [3.63, 3.8) is 0 Å². The van der Waals surface area contributed by atoms with Crippen LogP contribution in [0.3, 0.4) is 0 Å². The Bertz CT molecular complexity index is 539. The van der Waals surface area contributed by atoms with Crippen molar-refractivity contribution in [3.8, 4) is 0 Å². The van der Waals surface area contributed by atoms with Gasteiger partial charge in [-0.05, 0) is 36.5 Å². The van der Waals surface area contributed by atoms with Crippen molar-refractivity contribution in [1.82, 2.24) is 0 Å². The number of carbonyl (C=O) groups is 2. The molecule has 0 atom stereocenters. The van der Waals surface area contributed by atoms with E-state index >= 15 is 0 Å². The summed E-state index contributed by atoms with van der Waals surface area (Å²) in [5.74, 6) is -2.02. The van der Waals surface area contributed by atoms with Gasteiger partial charge in [0.25, 0.3) is 0 Å². The first-order chi connectivity index (χ1) is 15.8. The molecule has 0 spiro atoms. The van der Waals surface area contributed by atoms with Crippen molar-refractivity contribution in [3.05, 3.63) is 49.2 Å². The number of aromatic carboxylic acids is 1. The van der Waals surface area contributed by atoms with Crippen LogP contribution in [0.25, 0.3) is 0 Å². The van der Waals surface area contributed by atoms with E-state index < -0.39 is 11.9 Å². The molecule has 0 aromatic heterocycles. The zero-order valence-corrected chi connectivity index (χ0v) is 25.3. The Labute approximate surface area is 228 Å². The van der Waals surface area contributed by atoms with Crippen LogP contribution >= 0.6 is 0 Å². The maximum absolute atomic E-state index is 10.4. The Hall–Kier alpha value is -1.04. The Balaban J connectivity index is -0.000000199. The van der Waals surface area contributed by atoms with Crippen LogP contribution in [0.4, 0.5) is 0 Å². The standard InChI is InChI=1S/C12H24O2.C9H10O2.2C4H9.Sn/c1-2-3-4-5-6-7-8-9-10-11-12(13)14;1-2-7-4-3-5-8(6-7)9(10)11;2*1-3-4-2;/h2-11H2,1H3,(H,13,14);3-6H,2H2,1H3,(H,10,11);2*1,3-4H2,2H3;/q;;;;+2/p-2. The fraction of sp³-hybridized carbons (Fsp3) is 0.655. The van der Waals surface area contributed by atoms with E-state index in [1.807, 2.05) is 13.0 Å². The summed E-state index contributed by atoms with van der Waals surface area (Å²) >= 11 is 0. The van der Waals surface area contributed by atoms with Gasteiger partial charge in [-0.25, -0.2) is 0 Å². The average molecular weight is 581 g/mol. The van der Waals surface area contributed by atoms with Gasteiger partial charge in [0, 0.05) is 5.97 Å². The minimum absolute atomic E-state index is 0. The molecule has 0 saturated heterocycles. The first-order valence-corrected chi connectivity index (χ1v) is 12.9. The average Bonchev–Trinajstić information content (AvgIpc) is 2.83. The van der Waals surface area contributed by atoms with Crippen LogP contribution in [0, 0.1) is 13.8 Å². The molecule has 0 aliphatic heterocycles. The molecule has 5 heteroatoms. The number of carboxylic acid groups (broad SMARTS) is 2. The maximum atomic E-state index is 10.4. The molecular weight excluding hydrogens is 531 g/mol. The molecule has 0 saturated carbocycles. The molecule has 0 unspecified atom stereocenters. The molecule has 0 fully saturated rings. The van der Waals surface area contributed by atoms with Crippen molar-refractivity contribution >= 4 is 35.8 Å². The van der Waals surface area contributed by atoms with Crippen LogP contribution in [-0.2, 0) is 11.2 Å². The van der Waals surface area contributed by atoms with Gasteiger partial charge < -0.3 is 19.8 Å². The monoisotopic (exact) mass is 582 g/mol. The molecule has 4 nitrogen and oxygen atoms in total. The van der Waals surface area contributed by atoms with Crippen LogP contribution in [-0.4, -0.2) is 35.8 Å². The third-order valence-electron chi connectivity index (χ3n) is 4.76. The van der Waals surface area contributed by atoms with Crippen LogP contribution in [0.1, 0.15) is 134 Å². The molecule has 0 heterocycles. The molecule has 1 aromatic carbocycles. The second kappa shape index (κ2) is 34.1. The molecular formula is C29H50O4Sn. The van der Waals surface area contributed by atoms with Crippen LogP contribution in [0.5, 0.6) is 0 Å². The van der Waals surface area contributed by atoms with E-state index in [0.717, 1.165) is 37.7 Å². The van der Waals surface area contributed by atoms with Gasteiger partial charge in [-0.1, -0.05) is 137 Å². The fourth-order valence-electron chi connectivity index (χ4n) is 2.50. The normalized spacial score (nSPS) is 9.12. The fourth-order valence-corrected chi connectivity index (χ4v) is 2.50. The van der Waals surface area contributed by atoms with Crippen molar-refractivity contribution in [2.45, 2.75) is 124 Å². The number of unbranched alkanes of at least 4 members (excludes halogenated alkanes) is 10. The smallest absolute Gasteiger partial charge is 0.550 e. The predicted molar refractivity (Wildman–Crippen MR) is 143 cm³/mol. The number of rotatable bonds is 14. The first-order valence-electron chi connectivity index (χ1n) is 12.9. The van der Waals surface area contributed by atoms with Gasteiger partial charge in [0.05, 0.1) is 5.97 Å². The van der Waals surface area contributed by atoms with Crippen molar-refractivity contribution in [1.29, 1.82) is 0 Å². The summed E-state index contributed by atoms with van der Waals surface area (Å²) in [4.78, 5) is 20.5. The second-order valence-electron chi connectivity index (χ2n) is 8.00. The summed E-state index contributed by atoms with van der Waals surface area (Å²) in [7, 11) is 0. The molecule has 0 N–H and O–H groups in total. The minimum atomic E-state index is -1.11. The summed E-state index contributed by atoms with van der Waals surface area (Å²) in [6.45, 7) is 15.6. The topological polar surface area (TPSA) is 80.3 Å². The summed E-state index contributed by atoms with van der Waals surface area (Å²) < 4.78 is 0. The Morgan fingerprint density at radius 2 is 1.18 bits per heavy atom. The summed E-state index contributed by atoms with van der Waals surface area (Å²) in [5, 5.41) is 20.5. The molecule has 4 radical (unpaired) electrons. The first kappa shape index (κ1) is 40.1.